The highest BCUT2D eigenvalue weighted by Crippen LogP contribution is 2.11. The standard InChI is InChI=1S/C21H26N2O3/c1-23(2)21(26)18-10-5-17(6-11-18)9-14-20(25)22-15-3-4-16-7-12-19(24)13-8-16/h5-8,10-13,24H,3-4,9,14-15H2,1-2H3,(H,22,25). The summed E-state index contributed by atoms with van der Waals surface area (Å²) in [6.07, 6.45) is 2.81. The van der Waals surface area contributed by atoms with Crippen LogP contribution in [-0.2, 0) is 17.6 Å². The van der Waals surface area contributed by atoms with E-state index in [4.69, 9.17) is 0 Å². The van der Waals surface area contributed by atoms with Crippen molar-refractivity contribution in [3.63, 3.8) is 0 Å². The lowest BCUT2D eigenvalue weighted by Crippen LogP contribution is -2.25. The van der Waals surface area contributed by atoms with Crippen LogP contribution >= 0.6 is 0 Å². The molecule has 0 heterocycles. The van der Waals surface area contributed by atoms with Gasteiger partial charge in [-0.1, -0.05) is 24.3 Å². The smallest absolute Gasteiger partial charge is 0.253 e. The van der Waals surface area contributed by atoms with E-state index in [1.807, 2.05) is 24.3 Å². The van der Waals surface area contributed by atoms with Crippen molar-refractivity contribution in [2.75, 3.05) is 20.6 Å². The Bertz CT molecular complexity index is 722. The van der Waals surface area contributed by atoms with Gasteiger partial charge >= 0.3 is 0 Å². The summed E-state index contributed by atoms with van der Waals surface area (Å²) in [5.74, 6) is 0.272. The first-order valence-corrected chi connectivity index (χ1v) is 8.81. The van der Waals surface area contributed by atoms with E-state index in [1.54, 1.807) is 43.3 Å². The monoisotopic (exact) mass is 354 g/mol. The molecule has 2 aromatic rings. The zero-order chi connectivity index (χ0) is 18.9. The van der Waals surface area contributed by atoms with Crippen LogP contribution in [-0.4, -0.2) is 42.5 Å². The number of nitrogens with one attached hydrogen (secondary N) is 1. The fourth-order valence-electron chi connectivity index (χ4n) is 2.60. The zero-order valence-electron chi connectivity index (χ0n) is 15.4. The summed E-state index contributed by atoms with van der Waals surface area (Å²) < 4.78 is 0. The fraction of sp³-hybridized carbons (Fsp3) is 0.333. The molecule has 0 spiro atoms. The van der Waals surface area contributed by atoms with Gasteiger partial charge in [-0.25, -0.2) is 0 Å². The number of amides is 2. The van der Waals surface area contributed by atoms with Crippen LogP contribution in [0, 0.1) is 0 Å². The average molecular weight is 354 g/mol. The second-order valence-electron chi connectivity index (χ2n) is 6.52. The Hall–Kier alpha value is -2.82. The van der Waals surface area contributed by atoms with Gasteiger partial charge in [0.15, 0.2) is 0 Å². The SMILES string of the molecule is CN(C)C(=O)c1ccc(CCC(=O)NCCCc2ccc(O)cc2)cc1. The summed E-state index contributed by atoms with van der Waals surface area (Å²) in [5.41, 5.74) is 2.83. The van der Waals surface area contributed by atoms with Crippen molar-refractivity contribution in [1.82, 2.24) is 10.2 Å². The van der Waals surface area contributed by atoms with Gasteiger partial charge in [0, 0.05) is 32.6 Å². The minimum atomic E-state index is -0.0251. The molecule has 5 nitrogen and oxygen atoms in total. The number of benzene rings is 2. The molecule has 2 rings (SSSR count). The molecule has 0 bridgehead atoms. The number of aryl methyl sites for hydroxylation is 2. The van der Waals surface area contributed by atoms with Crippen LogP contribution in [0.2, 0.25) is 0 Å². The number of rotatable bonds is 8. The van der Waals surface area contributed by atoms with Crippen LogP contribution in [0.15, 0.2) is 48.5 Å². The molecule has 0 radical (unpaired) electrons. The Balaban J connectivity index is 1.66. The summed E-state index contributed by atoms with van der Waals surface area (Å²) in [6.45, 7) is 0.635. The van der Waals surface area contributed by atoms with Gasteiger partial charge in [0.1, 0.15) is 5.75 Å². The molecule has 0 aromatic heterocycles. The molecule has 2 N–H and O–H groups in total. The molecule has 2 amide bonds. The maximum atomic E-state index is 11.9. The zero-order valence-corrected chi connectivity index (χ0v) is 15.4. The van der Waals surface area contributed by atoms with Gasteiger partial charge in [-0.3, -0.25) is 9.59 Å². The molecule has 26 heavy (non-hydrogen) atoms. The number of carbonyl (C=O) groups excluding carboxylic acids is 2. The van der Waals surface area contributed by atoms with E-state index in [0.717, 1.165) is 24.0 Å². The molecular formula is C21H26N2O3. The average Bonchev–Trinajstić information content (AvgIpc) is 2.64. The van der Waals surface area contributed by atoms with E-state index in [9.17, 15) is 14.7 Å². The maximum Gasteiger partial charge on any atom is 0.253 e. The molecule has 0 aliphatic heterocycles. The van der Waals surface area contributed by atoms with Crippen molar-refractivity contribution in [2.45, 2.75) is 25.7 Å². The fourth-order valence-corrected chi connectivity index (χ4v) is 2.60. The molecule has 0 fully saturated rings. The van der Waals surface area contributed by atoms with Crippen molar-refractivity contribution in [3.05, 3.63) is 65.2 Å². The van der Waals surface area contributed by atoms with Crippen molar-refractivity contribution >= 4 is 11.8 Å². The second kappa shape index (κ2) is 9.61. The Morgan fingerprint density at radius 3 is 2.12 bits per heavy atom. The van der Waals surface area contributed by atoms with Crippen LogP contribution in [0.5, 0.6) is 5.75 Å². The topological polar surface area (TPSA) is 69.6 Å². The molecule has 0 saturated heterocycles. The molecule has 0 aliphatic rings. The lowest BCUT2D eigenvalue weighted by Gasteiger charge is -2.10. The van der Waals surface area contributed by atoms with Crippen molar-refractivity contribution in [3.8, 4) is 5.75 Å². The van der Waals surface area contributed by atoms with Gasteiger partial charge < -0.3 is 15.3 Å². The quantitative estimate of drug-likeness (QED) is 0.716. The number of hydrogen-bond acceptors (Lipinski definition) is 3. The lowest BCUT2D eigenvalue weighted by atomic mass is 10.1. The van der Waals surface area contributed by atoms with Gasteiger partial charge in [-0.15, -0.1) is 0 Å². The van der Waals surface area contributed by atoms with Gasteiger partial charge in [0.05, 0.1) is 0 Å². The normalized spacial score (nSPS) is 10.4. The number of aromatic hydroxyl groups is 1. The van der Waals surface area contributed by atoms with Crippen LogP contribution in [0.3, 0.4) is 0 Å². The Morgan fingerprint density at radius 1 is 0.923 bits per heavy atom. The van der Waals surface area contributed by atoms with Crippen LogP contribution in [0.1, 0.15) is 34.3 Å². The first kappa shape index (κ1) is 19.5. The predicted molar refractivity (Wildman–Crippen MR) is 102 cm³/mol. The van der Waals surface area contributed by atoms with E-state index < -0.39 is 0 Å². The van der Waals surface area contributed by atoms with Crippen LogP contribution in [0.4, 0.5) is 0 Å². The molecule has 2 aromatic carbocycles. The lowest BCUT2D eigenvalue weighted by molar-refractivity contribution is -0.121. The Labute approximate surface area is 154 Å². The van der Waals surface area contributed by atoms with E-state index in [0.29, 0.717) is 24.9 Å². The third-order valence-corrected chi connectivity index (χ3v) is 4.15. The highest BCUT2D eigenvalue weighted by molar-refractivity contribution is 5.93. The van der Waals surface area contributed by atoms with Crippen LogP contribution < -0.4 is 5.32 Å². The Morgan fingerprint density at radius 2 is 1.50 bits per heavy atom. The van der Waals surface area contributed by atoms with E-state index >= 15 is 0 Å². The van der Waals surface area contributed by atoms with Crippen molar-refractivity contribution in [1.29, 1.82) is 0 Å². The third kappa shape index (κ3) is 6.24. The molecule has 0 saturated carbocycles. The number of nitrogens with zero attached hydrogens (tertiary/aromatic N) is 1. The minimum Gasteiger partial charge on any atom is -0.508 e. The maximum absolute atomic E-state index is 11.9. The van der Waals surface area contributed by atoms with E-state index in [-0.39, 0.29) is 17.6 Å². The van der Waals surface area contributed by atoms with E-state index in [2.05, 4.69) is 5.32 Å². The van der Waals surface area contributed by atoms with Crippen LogP contribution in [0.25, 0.3) is 0 Å². The second-order valence-corrected chi connectivity index (χ2v) is 6.52. The summed E-state index contributed by atoms with van der Waals surface area (Å²) in [4.78, 5) is 25.3. The van der Waals surface area contributed by atoms with Gasteiger partial charge in [0.25, 0.3) is 5.91 Å². The first-order valence-electron chi connectivity index (χ1n) is 8.81. The molecular weight excluding hydrogens is 328 g/mol. The minimum absolute atomic E-state index is 0.0251. The van der Waals surface area contributed by atoms with E-state index in [1.165, 1.54) is 0 Å². The molecule has 5 heteroatoms. The number of phenolic OH excluding ortho intramolecular Hbond substituents is 1. The molecule has 0 unspecified atom stereocenters. The van der Waals surface area contributed by atoms with Gasteiger partial charge in [-0.05, 0) is 54.7 Å². The molecule has 138 valence electrons. The van der Waals surface area contributed by atoms with Crippen molar-refractivity contribution in [2.24, 2.45) is 0 Å². The van der Waals surface area contributed by atoms with Crippen molar-refractivity contribution < 1.29 is 14.7 Å². The largest absolute Gasteiger partial charge is 0.508 e. The number of phenols is 1. The molecule has 0 atom stereocenters. The predicted octanol–water partition coefficient (Wildman–Crippen LogP) is 2.78. The molecule has 0 aliphatic carbocycles. The highest BCUT2D eigenvalue weighted by atomic mass is 16.3. The first-order chi connectivity index (χ1) is 12.5. The number of hydrogen-bond donors (Lipinski definition) is 2. The summed E-state index contributed by atoms with van der Waals surface area (Å²) in [7, 11) is 3.45. The summed E-state index contributed by atoms with van der Waals surface area (Å²) >= 11 is 0. The van der Waals surface area contributed by atoms with Gasteiger partial charge in [-0.2, -0.15) is 0 Å². The number of carbonyl (C=O) groups is 2. The summed E-state index contributed by atoms with van der Waals surface area (Å²) in [6, 6.07) is 14.5. The van der Waals surface area contributed by atoms with Gasteiger partial charge in [0.2, 0.25) is 5.91 Å². The third-order valence-electron chi connectivity index (χ3n) is 4.15. The Kier molecular flexibility index (Phi) is 7.21. The highest BCUT2D eigenvalue weighted by Gasteiger charge is 2.08. The summed E-state index contributed by atoms with van der Waals surface area (Å²) in [5, 5.41) is 12.2.